The lowest BCUT2D eigenvalue weighted by molar-refractivity contribution is -0.991. The second-order valence-corrected chi connectivity index (χ2v) is 9.49. The average molecular weight is 477 g/mol. The first-order valence-corrected chi connectivity index (χ1v) is 10.8. The molecule has 4 aliphatic rings. The molecule has 6 nitrogen and oxygen atoms in total. The molecule has 0 radical (unpaired) electrons. The maximum Gasteiger partial charge on any atom is 0.239 e. The molecule has 0 saturated carbocycles. The van der Waals surface area contributed by atoms with Crippen molar-refractivity contribution in [2.45, 2.75) is 10.2 Å². The van der Waals surface area contributed by atoms with Crippen molar-refractivity contribution in [1.82, 2.24) is 0 Å². The molecule has 2 amide bonds. The van der Waals surface area contributed by atoms with Gasteiger partial charge in [-0.3, -0.25) is 9.59 Å². The Balaban J connectivity index is 1.58. The average Bonchev–Trinajstić information content (AvgIpc) is 3.06. The van der Waals surface area contributed by atoms with E-state index in [1.54, 1.807) is 12.1 Å². The number of benzene rings is 3. The standard InChI is InChI=1S/C24H17BrN2O4/c25-24-17-10-3-1-8-15(17)19(16-9-2-4-11-18(16)24)20-21(24)23(29)26(22(20)28)13-6-5-7-14(12-13)27(30)31/h1-12,19-21,27,30H/t19?,20-,21-,24?/m0/s1. The number of imide groups is 1. The van der Waals surface area contributed by atoms with E-state index in [4.69, 9.17) is 0 Å². The molecule has 31 heavy (non-hydrogen) atoms. The molecule has 1 aliphatic heterocycles. The van der Waals surface area contributed by atoms with Gasteiger partial charge in [0.1, 0.15) is 0 Å². The molecule has 0 spiro atoms. The summed E-state index contributed by atoms with van der Waals surface area (Å²) in [6.07, 6.45) is 0. The summed E-state index contributed by atoms with van der Waals surface area (Å²) in [5, 5.41) is 19.7. The van der Waals surface area contributed by atoms with E-state index >= 15 is 0 Å². The van der Waals surface area contributed by atoms with Crippen molar-refractivity contribution in [2.24, 2.45) is 11.8 Å². The highest BCUT2D eigenvalue weighted by molar-refractivity contribution is 9.09. The highest BCUT2D eigenvalue weighted by Crippen LogP contribution is 2.66. The van der Waals surface area contributed by atoms with Crippen molar-refractivity contribution in [1.29, 1.82) is 0 Å². The van der Waals surface area contributed by atoms with Crippen molar-refractivity contribution in [3.05, 3.63) is 100 Å². The van der Waals surface area contributed by atoms with E-state index in [0.29, 0.717) is 5.69 Å². The largest absolute Gasteiger partial charge is 0.595 e. The van der Waals surface area contributed by atoms with E-state index in [-0.39, 0.29) is 23.4 Å². The molecule has 1 saturated heterocycles. The number of quaternary nitrogens is 1. The van der Waals surface area contributed by atoms with Crippen LogP contribution in [0, 0.1) is 17.0 Å². The second kappa shape index (κ2) is 6.34. The summed E-state index contributed by atoms with van der Waals surface area (Å²) < 4.78 is -0.814. The normalized spacial score (nSPS) is 28.9. The topological polar surface area (TPSA) is 85.1 Å². The molecule has 2 N–H and O–H groups in total. The van der Waals surface area contributed by atoms with Gasteiger partial charge in [-0.15, -0.1) is 0 Å². The lowest BCUT2D eigenvalue weighted by Crippen LogP contribution is -2.99. The fraction of sp³-hybridized carbons (Fsp3) is 0.167. The minimum atomic E-state index is -1.10. The third kappa shape index (κ3) is 2.26. The van der Waals surface area contributed by atoms with Gasteiger partial charge in [0.2, 0.25) is 11.8 Å². The van der Waals surface area contributed by atoms with E-state index in [9.17, 15) is 20.0 Å². The Morgan fingerprint density at radius 2 is 1.52 bits per heavy atom. The molecule has 2 bridgehead atoms. The fourth-order valence-corrected chi connectivity index (χ4v) is 6.91. The van der Waals surface area contributed by atoms with Crippen LogP contribution in [0.25, 0.3) is 0 Å². The third-order valence-electron chi connectivity index (χ3n) is 6.87. The predicted molar refractivity (Wildman–Crippen MR) is 116 cm³/mol. The molecule has 7 rings (SSSR count). The molecule has 0 aromatic heterocycles. The zero-order valence-corrected chi connectivity index (χ0v) is 17.7. The lowest BCUT2D eigenvalue weighted by atomic mass is 9.55. The Labute approximate surface area is 186 Å². The predicted octanol–water partition coefficient (Wildman–Crippen LogP) is 2.99. The van der Waals surface area contributed by atoms with Crippen molar-refractivity contribution in [2.75, 3.05) is 4.90 Å². The molecule has 3 aromatic carbocycles. The minimum Gasteiger partial charge on any atom is -0.595 e. The van der Waals surface area contributed by atoms with Crippen LogP contribution in [0.1, 0.15) is 28.2 Å². The van der Waals surface area contributed by atoms with E-state index < -0.39 is 21.4 Å². The van der Waals surface area contributed by atoms with Gasteiger partial charge in [0.25, 0.3) is 0 Å². The van der Waals surface area contributed by atoms with Crippen LogP contribution in [0.15, 0.2) is 72.8 Å². The van der Waals surface area contributed by atoms with Crippen LogP contribution in [-0.4, -0.2) is 17.0 Å². The second-order valence-electron chi connectivity index (χ2n) is 8.23. The Morgan fingerprint density at radius 1 is 0.903 bits per heavy atom. The van der Waals surface area contributed by atoms with E-state index in [2.05, 4.69) is 15.9 Å². The van der Waals surface area contributed by atoms with Gasteiger partial charge in [0, 0.05) is 18.1 Å². The highest BCUT2D eigenvalue weighted by atomic mass is 79.9. The number of rotatable bonds is 2. The number of carbonyl (C=O) groups is 2. The van der Waals surface area contributed by atoms with Gasteiger partial charge in [-0.1, -0.05) is 70.5 Å². The number of anilines is 1. The van der Waals surface area contributed by atoms with Gasteiger partial charge in [-0.2, -0.15) is 5.23 Å². The van der Waals surface area contributed by atoms with Gasteiger partial charge >= 0.3 is 0 Å². The van der Waals surface area contributed by atoms with Gasteiger partial charge in [-0.25, -0.2) is 10.1 Å². The summed E-state index contributed by atoms with van der Waals surface area (Å²) in [5.74, 6) is -1.96. The SMILES string of the molecule is O=C1[C@@H]2[C@@H](C(=O)N1c1cccc([NH+]([O-])O)c1)C1c3ccccc3C2(Br)c2ccccc21. The first-order valence-electron chi connectivity index (χ1n) is 10.0. The van der Waals surface area contributed by atoms with Gasteiger partial charge in [0.05, 0.1) is 21.8 Å². The number of amides is 2. The highest BCUT2D eigenvalue weighted by Gasteiger charge is 2.67. The zero-order chi connectivity index (χ0) is 21.5. The Bertz CT molecular complexity index is 1230. The molecule has 1 heterocycles. The Hall–Kier alpha value is -2.84. The van der Waals surface area contributed by atoms with Gasteiger partial charge in [-0.05, 0) is 28.3 Å². The number of hydrogen-bond donors (Lipinski definition) is 2. The first-order chi connectivity index (χ1) is 14.9. The molecule has 3 aromatic rings. The zero-order valence-electron chi connectivity index (χ0n) is 16.2. The van der Waals surface area contributed by atoms with Crippen LogP contribution in [0.2, 0.25) is 0 Å². The van der Waals surface area contributed by atoms with Crippen LogP contribution in [0.5, 0.6) is 0 Å². The van der Waals surface area contributed by atoms with Crippen LogP contribution < -0.4 is 10.1 Å². The molecule has 1 unspecified atom stereocenters. The van der Waals surface area contributed by atoms with Gasteiger partial charge < -0.3 is 5.21 Å². The summed E-state index contributed by atoms with van der Waals surface area (Å²) in [6, 6.07) is 22.0. The summed E-state index contributed by atoms with van der Waals surface area (Å²) >= 11 is 3.95. The number of nitrogens with one attached hydrogen (secondary N) is 1. The Kier molecular flexibility index (Phi) is 3.86. The summed E-state index contributed by atoms with van der Waals surface area (Å²) in [6.45, 7) is 0. The molecule has 3 atom stereocenters. The number of hydrogen-bond acceptors (Lipinski definition) is 4. The monoisotopic (exact) mass is 476 g/mol. The number of carbonyl (C=O) groups excluding carboxylic acids is 2. The molecule has 1 fully saturated rings. The number of nitrogens with zero attached hydrogens (tertiary/aromatic N) is 1. The molecule has 154 valence electrons. The third-order valence-corrected chi connectivity index (χ3v) is 8.21. The number of alkyl halides is 1. The molecular formula is C24H17BrN2O4. The van der Waals surface area contributed by atoms with Crippen LogP contribution >= 0.6 is 15.9 Å². The van der Waals surface area contributed by atoms with Crippen molar-refractivity contribution in [3.8, 4) is 0 Å². The minimum absolute atomic E-state index is 0.0380. The van der Waals surface area contributed by atoms with Crippen molar-refractivity contribution in [3.63, 3.8) is 0 Å². The molecule has 3 aliphatic carbocycles. The first kappa shape index (κ1) is 18.9. The fourth-order valence-electron chi connectivity index (χ4n) is 5.71. The molecule has 7 heteroatoms. The van der Waals surface area contributed by atoms with Crippen LogP contribution in [-0.2, 0) is 13.9 Å². The maximum absolute atomic E-state index is 13.8. The summed E-state index contributed by atoms with van der Waals surface area (Å²) in [5.41, 5.74) is 4.48. The summed E-state index contributed by atoms with van der Waals surface area (Å²) in [4.78, 5) is 28.7. The van der Waals surface area contributed by atoms with Gasteiger partial charge in [0.15, 0.2) is 5.69 Å². The maximum atomic E-state index is 13.8. The van der Waals surface area contributed by atoms with Crippen LogP contribution in [0.4, 0.5) is 11.4 Å². The van der Waals surface area contributed by atoms with E-state index in [0.717, 1.165) is 22.3 Å². The lowest BCUT2D eigenvalue weighted by Gasteiger charge is -2.51. The van der Waals surface area contributed by atoms with E-state index in [1.165, 1.54) is 17.0 Å². The summed E-state index contributed by atoms with van der Waals surface area (Å²) in [7, 11) is 0. The quantitative estimate of drug-likeness (QED) is 0.338. The molecular weight excluding hydrogens is 460 g/mol. The smallest absolute Gasteiger partial charge is 0.239 e. The number of halogens is 1. The van der Waals surface area contributed by atoms with E-state index in [1.807, 2.05) is 48.5 Å². The van der Waals surface area contributed by atoms with Crippen molar-refractivity contribution < 1.29 is 20.0 Å². The van der Waals surface area contributed by atoms with Crippen LogP contribution in [0.3, 0.4) is 0 Å². The Morgan fingerprint density at radius 3 is 2.13 bits per heavy atom. The van der Waals surface area contributed by atoms with Crippen molar-refractivity contribution >= 4 is 39.1 Å².